The number of carbonyl (C=O) groups is 2. The molecule has 0 radical (unpaired) electrons. The zero-order valence-electron chi connectivity index (χ0n) is 16.0. The van der Waals surface area contributed by atoms with Gasteiger partial charge in [-0.15, -0.1) is 0 Å². The molecule has 1 aromatic heterocycles. The van der Waals surface area contributed by atoms with E-state index >= 15 is 0 Å². The van der Waals surface area contributed by atoms with Crippen molar-refractivity contribution in [3.8, 4) is 5.88 Å². The number of amides is 1. The van der Waals surface area contributed by atoms with Crippen LogP contribution in [0.3, 0.4) is 0 Å². The third-order valence-corrected chi connectivity index (χ3v) is 4.25. The average Bonchev–Trinajstić information content (AvgIpc) is 3.07. The fourth-order valence-corrected chi connectivity index (χ4v) is 2.94. The Labute approximate surface area is 154 Å². The van der Waals surface area contributed by atoms with Crippen LogP contribution in [-0.2, 0) is 14.3 Å². The van der Waals surface area contributed by atoms with Gasteiger partial charge in [-0.05, 0) is 39.7 Å². The lowest BCUT2D eigenvalue weighted by molar-refractivity contribution is -0.148. The molecule has 1 amide bonds. The minimum Gasteiger partial charge on any atom is -0.475 e. The molecule has 2 rings (SSSR count). The number of ether oxygens (including phenoxy) is 3. The first-order valence-corrected chi connectivity index (χ1v) is 8.89. The Hall–Kier alpha value is -2.15. The molecular weight excluding hydrogens is 336 g/mol. The molecule has 144 valence electrons. The largest absolute Gasteiger partial charge is 0.475 e. The van der Waals surface area contributed by atoms with Gasteiger partial charge in [0.1, 0.15) is 12.1 Å². The van der Waals surface area contributed by atoms with Crippen LogP contribution >= 0.6 is 0 Å². The molecule has 0 aliphatic heterocycles. The SMILES string of the molecule is COC(=O)C1(NC(=O)c2ccc(OCCOC(C)(C)C)nc2)CCCC1. The van der Waals surface area contributed by atoms with E-state index in [1.807, 2.05) is 20.8 Å². The highest BCUT2D eigenvalue weighted by atomic mass is 16.5. The predicted molar refractivity (Wildman–Crippen MR) is 96.1 cm³/mol. The Kier molecular flexibility index (Phi) is 6.58. The maximum absolute atomic E-state index is 12.5. The Morgan fingerprint density at radius 1 is 1.19 bits per heavy atom. The summed E-state index contributed by atoms with van der Waals surface area (Å²) in [6.07, 6.45) is 4.39. The molecule has 0 aromatic carbocycles. The van der Waals surface area contributed by atoms with Gasteiger partial charge in [0.25, 0.3) is 5.91 Å². The van der Waals surface area contributed by atoms with Crippen molar-refractivity contribution >= 4 is 11.9 Å². The molecule has 1 aliphatic carbocycles. The summed E-state index contributed by atoms with van der Waals surface area (Å²) in [7, 11) is 1.34. The van der Waals surface area contributed by atoms with Gasteiger partial charge in [-0.3, -0.25) is 4.79 Å². The quantitative estimate of drug-likeness (QED) is 0.591. The molecule has 0 atom stereocenters. The van der Waals surface area contributed by atoms with Crippen molar-refractivity contribution in [2.75, 3.05) is 20.3 Å². The molecule has 26 heavy (non-hydrogen) atoms. The highest BCUT2D eigenvalue weighted by Crippen LogP contribution is 2.31. The Morgan fingerprint density at radius 2 is 1.88 bits per heavy atom. The molecule has 1 N–H and O–H groups in total. The fourth-order valence-electron chi connectivity index (χ4n) is 2.94. The van der Waals surface area contributed by atoms with Crippen LogP contribution in [0, 0.1) is 0 Å². The van der Waals surface area contributed by atoms with Crippen LogP contribution in [0.2, 0.25) is 0 Å². The van der Waals surface area contributed by atoms with Crippen molar-refractivity contribution < 1.29 is 23.8 Å². The summed E-state index contributed by atoms with van der Waals surface area (Å²) in [5.74, 6) is -0.315. The lowest BCUT2D eigenvalue weighted by atomic mass is 9.97. The number of hydrogen-bond donors (Lipinski definition) is 1. The lowest BCUT2D eigenvalue weighted by Crippen LogP contribution is -2.53. The lowest BCUT2D eigenvalue weighted by Gasteiger charge is -2.27. The third-order valence-electron chi connectivity index (χ3n) is 4.25. The summed E-state index contributed by atoms with van der Waals surface area (Å²) in [5.41, 5.74) is -0.765. The number of rotatable bonds is 7. The first-order valence-electron chi connectivity index (χ1n) is 8.89. The van der Waals surface area contributed by atoms with Crippen LogP contribution in [0.4, 0.5) is 0 Å². The minimum absolute atomic E-state index is 0.214. The van der Waals surface area contributed by atoms with Crippen LogP contribution in [0.1, 0.15) is 56.8 Å². The normalized spacial score (nSPS) is 16.2. The molecule has 0 bridgehead atoms. The molecular formula is C19H28N2O5. The highest BCUT2D eigenvalue weighted by molar-refractivity contribution is 5.98. The van der Waals surface area contributed by atoms with Gasteiger partial charge < -0.3 is 19.5 Å². The summed E-state index contributed by atoms with van der Waals surface area (Å²) in [5, 5.41) is 2.83. The second-order valence-corrected chi connectivity index (χ2v) is 7.43. The molecule has 1 saturated carbocycles. The van der Waals surface area contributed by atoms with Gasteiger partial charge in [0.05, 0.1) is 24.9 Å². The second-order valence-electron chi connectivity index (χ2n) is 7.43. The summed E-state index contributed by atoms with van der Waals surface area (Å²) < 4.78 is 15.9. The van der Waals surface area contributed by atoms with Gasteiger partial charge in [0, 0.05) is 12.3 Å². The predicted octanol–water partition coefficient (Wildman–Crippen LogP) is 2.49. The van der Waals surface area contributed by atoms with Gasteiger partial charge in [-0.2, -0.15) is 0 Å². The highest BCUT2D eigenvalue weighted by Gasteiger charge is 2.43. The van der Waals surface area contributed by atoms with Crippen LogP contribution in [0.5, 0.6) is 5.88 Å². The molecule has 1 fully saturated rings. The second kappa shape index (κ2) is 8.49. The number of pyridine rings is 1. The first kappa shape index (κ1) is 20.2. The monoisotopic (exact) mass is 364 g/mol. The third kappa shape index (κ3) is 5.42. The minimum atomic E-state index is -0.925. The molecule has 1 heterocycles. The van der Waals surface area contributed by atoms with Crippen molar-refractivity contribution in [1.29, 1.82) is 0 Å². The number of hydrogen-bond acceptors (Lipinski definition) is 6. The van der Waals surface area contributed by atoms with Crippen molar-refractivity contribution in [1.82, 2.24) is 10.3 Å². The average molecular weight is 364 g/mol. The van der Waals surface area contributed by atoms with Crippen molar-refractivity contribution in [2.45, 2.75) is 57.6 Å². The summed E-state index contributed by atoms with van der Waals surface area (Å²) >= 11 is 0. The number of nitrogens with zero attached hydrogens (tertiary/aromatic N) is 1. The number of esters is 1. The van der Waals surface area contributed by atoms with E-state index in [-0.39, 0.29) is 11.5 Å². The first-order chi connectivity index (χ1) is 12.3. The molecule has 1 aromatic rings. The van der Waals surface area contributed by atoms with Gasteiger partial charge in [-0.25, -0.2) is 9.78 Å². The Morgan fingerprint density at radius 3 is 2.42 bits per heavy atom. The number of carbonyl (C=O) groups excluding carboxylic acids is 2. The zero-order valence-corrected chi connectivity index (χ0v) is 16.0. The van der Waals surface area contributed by atoms with E-state index < -0.39 is 11.5 Å². The van der Waals surface area contributed by atoms with Crippen LogP contribution in [0.15, 0.2) is 18.3 Å². The molecule has 7 nitrogen and oxygen atoms in total. The molecule has 7 heteroatoms. The van der Waals surface area contributed by atoms with E-state index in [0.29, 0.717) is 37.5 Å². The number of aromatic nitrogens is 1. The Bertz CT molecular complexity index is 616. The van der Waals surface area contributed by atoms with Crippen LogP contribution in [0.25, 0.3) is 0 Å². The van der Waals surface area contributed by atoms with E-state index in [0.717, 1.165) is 12.8 Å². The number of nitrogens with one attached hydrogen (secondary N) is 1. The molecule has 1 aliphatic rings. The Balaban J connectivity index is 1.91. The van der Waals surface area contributed by atoms with E-state index in [1.165, 1.54) is 13.3 Å². The van der Waals surface area contributed by atoms with Gasteiger partial charge >= 0.3 is 5.97 Å². The van der Waals surface area contributed by atoms with E-state index in [9.17, 15) is 9.59 Å². The van der Waals surface area contributed by atoms with Crippen molar-refractivity contribution in [2.24, 2.45) is 0 Å². The maximum atomic E-state index is 12.5. The smallest absolute Gasteiger partial charge is 0.331 e. The topological polar surface area (TPSA) is 86.8 Å². The zero-order chi connectivity index (χ0) is 19.2. The van der Waals surface area contributed by atoms with Gasteiger partial charge in [0.2, 0.25) is 5.88 Å². The molecule has 0 saturated heterocycles. The summed E-state index contributed by atoms with van der Waals surface area (Å²) in [4.78, 5) is 28.7. The number of methoxy groups -OCH3 is 1. The molecule has 0 spiro atoms. The van der Waals surface area contributed by atoms with E-state index in [4.69, 9.17) is 14.2 Å². The van der Waals surface area contributed by atoms with E-state index in [2.05, 4.69) is 10.3 Å². The summed E-state index contributed by atoms with van der Waals surface area (Å²) in [6, 6.07) is 3.26. The van der Waals surface area contributed by atoms with Crippen molar-refractivity contribution in [3.63, 3.8) is 0 Å². The van der Waals surface area contributed by atoms with Crippen LogP contribution in [-0.4, -0.2) is 48.3 Å². The standard InChI is InChI=1S/C19H28N2O5/c1-18(2,3)26-12-11-25-15-8-7-14(13-20-15)16(22)21-19(17(23)24-4)9-5-6-10-19/h7-8,13H,5-6,9-12H2,1-4H3,(H,21,22). The van der Waals surface area contributed by atoms with Crippen molar-refractivity contribution in [3.05, 3.63) is 23.9 Å². The fraction of sp³-hybridized carbons (Fsp3) is 0.632. The van der Waals surface area contributed by atoms with Gasteiger partial charge in [0.15, 0.2) is 0 Å². The van der Waals surface area contributed by atoms with Crippen LogP contribution < -0.4 is 10.1 Å². The van der Waals surface area contributed by atoms with E-state index in [1.54, 1.807) is 12.1 Å². The van der Waals surface area contributed by atoms with Gasteiger partial charge in [-0.1, -0.05) is 12.8 Å². The molecule has 0 unspecified atom stereocenters. The summed E-state index contributed by atoms with van der Waals surface area (Å²) in [6.45, 7) is 6.76. The maximum Gasteiger partial charge on any atom is 0.331 e.